The lowest BCUT2D eigenvalue weighted by Gasteiger charge is -2.15. The van der Waals surface area contributed by atoms with E-state index < -0.39 is 25.0 Å². The molecule has 0 unspecified atom stereocenters. The number of carboxylic acids is 1. The van der Waals surface area contributed by atoms with Gasteiger partial charge in [0.1, 0.15) is 0 Å². The lowest BCUT2D eigenvalue weighted by Crippen LogP contribution is -2.35. The zero-order valence-electron chi connectivity index (χ0n) is 7.93. The fraction of sp³-hybridized carbons (Fsp3) is 0.667. The number of hydrogen-bond acceptors (Lipinski definition) is 2. The van der Waals surface area contributed by atoms with Crippen LogP contribution in [0.4, 0.5) is 8.78 Å². The van der Waals surface area contributed by atoms with Crippen LogP contribution in [-0.4, -0.2) is 30.1 Å². The number of hydrogen-bond donors (Lipinski definition) is 2. The minimum atomic E-state index is -2.83. The number of rotatable bonds is 8. The first-order valence-corrected chi connectivity index (χ1v) is 4.39. The summed E-state index contributed by atoms with van der Waals surface area (Å²) in [6.07, 6.45) is 2.26. The maximum Gasteiger partial charge on any atom is 0.317 e. The Bertz CT molecular complexity index is 195. The number of alkyl halides is 2. The molecule has 0 aliphatic carbocycles. The Morgan fingerprint density at radius 1 is 1.57 bits per heavy atom. The molecule has 0 radical (unpaired) electrons. The Morgan fingerprint density at radius 3 is 2.71 bits per heavy atom. The molecule has 0 amide bonds. The van der Waals surface area contributed by atoms with E-state index in [0.29, 0.717) is 12.8 Å². The summed E-state index contributed by atoms with van der Waals surface area (Å²) in [4.78, 5) is 10.0. The Kier molecular flexibility index (Phi) is 6.03. The summed E-state index contributed by atoms with van der Waals surface area (Å²) >= 11 is 0. The van der Waals surface area contributed by atoms with E-state index in [1.165, 1.54) is 0 Å². The predicted molar refractivity (Wildman–Crippen MR) is 49.5 cm³/mol. The summed E-state index contributed by atoms with van der Waals surface area (Å²) in [5, 5.41) is 10.4. The molecular formula is C9H15F2NO2. The first-order chi connectivity index (χ1) is 6.48. The lowest BCUT2D eigenvalue weighted by molar-refractivity contribution is -0.136. The van der Waals surface area contributed by atoms with Crippen LogP contribution in [0.3, 0.4) is 0 Å². The Morgan fingerprint density at radius 2 is 2.21 bits per heavy atom. The molecule has 0 saturated heterocycles. The van der Waals surface area contributed by atoms with Crippen molar-refractivity contribution >= 4 is 5.97 Å². The van der Waals surface area contributed by atoms with E-state index in [1.54, 1.807) is 6.08 Å². The highest BCUT2D eigenvalue weighted by atomic mass is 19.3. The average Bonchev–Trinajstić information content (AvgIpc) is 2.03. The van der Waals surface area contributed by atoms with Gasteiger partial charge in [0, 0.05) is 6.42 Å². The molecule has 0 aliphatic rings. The first kappa shape index (κ1) is 13.0. The Labute approximate surface area is 81.8 Å². The topological polar surface area (TPSA) is 49.3 Å². The van der Waals surface area contributed by atoms with Gasteiger partial charge in [-0.3, -0.25) is 4.79 Å². The molecule has 2 N–H and O–H groups in total. The maximum absolute atomic E-state index is 12.9. The van der Waals surface area contributed by atoms with Crippen LogP contribution in [0.25, 0.3) is 0 Å². The second-order valence-electron chi connectivity index (χ2n) is 3.03. The second kappa shape index (κ2) is 6.48. The van der Waals surface area contributed by atoms with Gasteiger partial charge in [-0.1, -0.05) is 6.08 Å². The van der Waals surface area contributed by atoms with Crippen molar-refractivity contribution in [3.05, 3.63) is 12.7 Å². The highest BCUT2D eigenvalue weighted by Crippen LogP contribution is 2.20. The normalized spacial score (nSPS) is 11.3. The number of carbonyl (C=O) groups is 1. The molecule has 0 aliphatic heterocycles. The number of allylic oxidation sites excluding steroid dienone is 1. The summed E-state index contributed by atoms with van der Waals surface area (Å²) in [6.45, 7) is 2.41. The van der Waals surface area contributed by atoms with Gasteiger partial charge in [0.25, 0.3) is 5.92 Å². The van der Waals surface area contributed by atoms with Crippen LogP contribution in [0.15, 0.2) is 12.7 Å². The standard InChI is InChI=1S/C9H15F2NO2/c1-2-3-4-5-9(10,11)7-12-6-8(13)14/h2,12H,1,3-7H2,(H,13,14). The summed E-state index contributed by atoms with van der Waals surface area (Å²) in [5.41, 5.74) is 0. The van der Waals surface area contributed by atoms with Crippen molar-refractivity contribution < 1.29 is 18.7 Å². The van der Waals surface area contributed by atoms with E-state index in [2.05, 4.69) is 11.9 Å². The Hall–Kier alpha value is -0.970. The molecule has 14 heavy (non-hydrogen) atoms. The average molecular weight is 207 g/mol. The molecule has 0 aromatic rings. The molecule has 0 bridgehead atoms. The molecule has 0 aromatic heterocycles. The molecule has 0 heterocycles. The van der Waals surface area contributed by atoms with Crippen molar-refractivity contribution in [2.45, 2.75) is 25.2 Å². The fourth-order valence-electron chi connectivity index (χ4n) is 0.946. The van der Waals surface area contributed by atoms with Gasteiger partial charge in [-0.05, 0) is 12.8 Å². The molecule has 5 heteroatoms. The van der Waals surface area contributed by atoms with Crippen LogP contribution in [0.2, 0.25) is 0 Å². The van der Waals surface area contributed by atoms with Crippen LogP contribution >= 0.6 is 0 Å². The molecule has 82 valence electrons. The van der Waals surface area contributed by atoms with E-state index >= 15 is 0 Å². The van der Waals surface area contributed by atoms with Crippen LogP contribution in [-0.2, 0) is 4.79 Å². The maximum atomic E-state index is 12.9. The number of halogens is 2. The van der Waals surface area contributed by atoms with Crippen molar-refractivity contribution in [2.24, 2.45) is 0 Å². The zero-order valence-corrected chi connectivity index (χ0v) is 7.93. The van der Waals surface area contributed by atoms with Crippen molar-refractivity contribution in [1.82, 2.24) is 5.32 Å². The van der Waals surface area contributed by atoms with Gasteiger partial charge >= 0.3 is 5.97 Å². The quantitative estimate of drug-likeness (QED) is 0.470. The minimum absolute atomic E-state index is 0.244. The van der Waals surface area contributed by atoms with Crippen molar-refractivity contribution in [2.75, 3.05) is 13.1 Å². The van der Waals surface area contributed by atoms with Crippen molar-refractivity contribution in [3.63, 3.8) is 0 Å². The third kappa shape index (κ3) is 7.67. The van der Waals surface area contributed by atoms with Crippen molar-refractivity contribution in [3.8, 4) is 0 Å². The number of unbranched alkanes of at least 4 members (excludes halogenated alkanes) is 1. The van der Waals surface area contributed by atoms with Gasteiger partial charge in [0.05, 0.1) is 13.1 Å². The molecule has 0 rings (SSSR count). The van der Waals surface area contributed by atoms with Crippen molar-refractivity contribution in [1.29, 1.82) is 0 Å². The van der Waals surface area contributed by atoms with E-state index in [1.807, 2.05) is 0 Å². The third-order valence-corrected chi connectivity index (χ3v) is 1.61. The second-order valence-corrected chi connectivity index (χ2v) is 3.03. The largest absolute Gasteiger partial charge is 0.480 e. The number of nitrogens with one attached hydrogen (secondary N) is 1. The molecule has 0 spiro atoms. The Balaban J connectivity index is 3.60. The predicted octanol–water partition coefficient (Wildman–Crippen LogP) is 1.65. The smallest absolute Gasteiger partial charge is 0.317 e. The molecular weight excluding hydrogens is 192 g/mol. The van der Waals surface area contributed by atoms with Gasteiger partial charge in [-0.15, -0.1) is 6.58 Å². The highest BCUT2D eigenvalue weighted by Gasteiger charge is 2.27. The summed E-state index contributed by atoms with van der Waals surface area (Å²) in [5.74, 6) is -3.97. The zero-order chi connectivity index (χ0) is 11.0. The third-order valence-electron chi connectivity index (χ3n) is 1.61. The van der Waals surface area contributed by atoms with Crippen LogP contribution < -0.4 is 5.32 Å². The summed E-state index contributed by atoms with van der Waals surface area (Å²) in [7, 11) is 0. The van der Waals surface area contributed by atoms with Gasteiger partial charge in [0.2, 0.25) is 0 Å². The highest BCUT2D eigenvalue weighted by molar-refractivity contribution is 5.68. The van der Waals surface area contributed by atoms with Crippen LogP contribution in [0, 0.1) is 0 Å². The monoisotopic (exact) mass is 207 g/mol. The van der Waals surface area contributed by atoms with Crippen LogP contribution in [0.1, 0.15) is 19.3 Å². The van der Waals surface area contributed by atoms with Crippen LogP contribution in [0.5, 0.6) is 0 Å². The van der Waals surface area contributed by atoms with Gasteiger partial charge in [-0.25, -0.2) is 8.78 Å². The molecule has 0 atom stereocenters. The minimum Gasteiger partial charge on any atom is -0.480 e. The first-order valence-electron chi connectivity index (χ1n) is 4.39. The summed E-state index contributed by atoms with van der Waals surface area (Å²) in [6, 6.07) is 0. The molecule has 3 nitrogen and oxygen atoms in total. The SMILES string of the molecule is C=CCCCC(F)(F)CNCC(=O)O. The number of carboxylic acid groups (broad SMARTS) is 1. The van der Waals surface area contributed by atoms with Gasteiger partial charge in [-0.2, -0.15) is 0 Å². The van der Waals surface area contributed by atoms with Gasteiger partial charge in [0.15, 0.2) is 0 Å². The molecule has 0 aromatic carbocycles. The lowest BCUT2D eigenvalue weighted by atomic mass is 10.1. The van der Waals surface area contributed by atoms with Gasteiger partial charge < -0.3 is 10.4 Å². The van der Waals surface area contributed by atoms with E-state index in [4.69, 9.17) is 5.11 Å². The molecule has 0 saturated carbocycles. The van der Waals surface area contributed by atoms with E-state index in [-0.39, 0.29) is 6.42 Å². The molecule has 0 fully saturated rings. The summed E-state index contributed by atoms with van der Waals surface area (Å²) < 4.78 is 25.8. The van der Waals surface area contributed by atoms with E-state index in [0.717, 1.165) is 0 Å². The van der Waals surface area contributed by atoms with E-state index in [9.17, 15) is 13.6 Å². The fourth-order valence-corrected chi connectivity index (χ4v) is 0.946. The number of aliphatic carboxylic acids is 1.